The fourth-order valence-corrected chi connectivity index (χ4v) is 3.03. The molecule has 1 N–H and O–H groups in total. The molecule has 0 unspecified atom stereocenters. The highest BCUT2D eigenvalue weighted by molar-refractivity contribution is 6.31. The third-order valence-electron chi connectivity index (χ3n) is 3.93. The van der Waals surface area contributed by atoms with Gasteiger partial charge in [0, 0.05) is 22.5 Å². The first-order valence-corrected chi connectivity index (χ1v) is 7.75. The van der Waals surface area contributed by atoms with E-state index in [4.69, 9.17) is 11.6 Å². The number of hydrogen-bond acceptors (Lipinski definition) is 1. The number of fused-ring (bicyclic) bond motifs is 1. The first-order valence-electron chi connectivity index (χ1n) is 7.37. The Morgan fingerprint density at radius 1 is 1.26 bits per heavy atom. The van der Waals surface area contributed by atoms with Crippen molar-refractivity contribution >= 4 is 34.1 Å². The molecule has 3 nitrogen and oxygen atoms in total. The van der Waals surface area contributed by atoms with Gasteiger partial charge in [0.05, 0.1) is 5.69 Å². The molecule has 3 rings (SSSR count). The van der Waals surface area contributed by atoms with Crippen LogP contribution in [0.15, 0.2) is 42.5 Å². The number of benzene rings is 2. The molecule has 0 aliphatic rings. The van der Waals surface area contributed by atoms with Crippen LogP contribution in [-0.2, 0) is 6.54 Å². The van der Waals surface area contributed by atoms with Crippen LogP contribution in [-0.4, -0.2) is 10.5 Å². The summed E-state index contributed by atoms with van der Waals surface area (Å²) in [5, 5.41) is 4.20. The minimum atomic E-state index is -0.458. The smallest absolute Gasteiger partial charge is 0.272 e. The Morgan fingerprint density at radius 3 is 2.70 bits per heavy atom. The van der Waals surface area contributed by atoms with E-state index in [1.54, 1.807) is 24.3 Å². The van der Waals surface area contributed by atoms with Crippen LogP contribution < -0.4 is 5.32 Å². The van der Waals surface area contributed by atoms with Gasteiger partial charge in [0.2, 0.25) is 0 Å². The van der Waals surface area contributed by atoms with Crippen LogP contribution in [0.4, 0.5) is 10.1 Å². The van der Waals surface area contributed by atoms with Gasteiger partial charge in [-0.05, 0) is 49.7 Å². The number of rotatable bonds is 3. The van der Waals surface area contributed by atoms with Crippen molar-refractivity contribution in [1.82, 2.24) is 4.57 Å². The molecule has 1 aromatic heterocycles. The van der Waals surface area contributed by atoms with Gasteiger partial charge in [-0.2, -0.15) is 0 Å². The summed E-state index contributed by atoms with van der Waals surface area (Å²) in [6.07, 6.45) is 0. The van der Waals surface area contributed by atoms with Crippen molar-refractivity contribution in [1.29, 1.82) is 0 Å². The Balaban J connectivity index is 2.10. The molecule has 0 bridgehead atoms. The lowest BCUT2D eigenvalue weighted by Gasteiger charge is -2.10. The van der Waals surface area contributed by atoms with Crippen LogP contribution in [0, 0.1) is 12.7 Å². The van der Waals surface area contributed by atoms with Crippen molar-refractivity contribution in [3.05, 3.63) is 64.6 Å². The number of anilines is 1. The molecular weight excluding hydrogens is 315 g/mol. The van der Waals surface area contributed by atoms with Crippen molar-refractivity contribution < 1.29 is 9.18 Å². The molecule has 0 aliphatic carbocycles. The molecule has 1 heterocycles. The van der Waals surface area contributed by atoms with Gasteiger partial charge in [0.25, 0.3) is 5.91 Å². The summed E-state index contributed by atoms with van der Waals surface area (Å²) < 4.78 is 15.7. The normalized spacial score (nSPS) is 11.0. The molecule has 0 saturated heterocycles. The first kappa shape index (κ1) is 15.6. The molecule has 0 radical (unpaired) electrons. The molecule has 0 aliphatic heterocycles. The molecule has 0 spiro atoms. The largest absolute Gasteiger partial charge is 0.337 e. The van der Waals surface area contributed by atoms with E-state index >= 15 is 0 Å². The van der Waals surface area contributed by atoms with E-state index in [0.717, 1.165) is 16.5 Å². The lowest BCUT2D eigenvalue weighted by atomic mass is 10.1. The second kappa shape index (κ2) is 6.05. The van der Waals surface area contributed by atoms with E-state index < -0.39 is 5.82 Å². The molecule has 0 atom stereocenters. The Morgan fingerprint density at radius 2 is 2.00 bits per heavy atom. The van der Waals surface area contributed by atoms with Crippen molar-refractivity contribution in [2.24, 2.45) is 0 Å². The van der Waals surface area contributed by atoms with Crippen molar-refractivity contribution in [2.45, 2.75) is 20.4 Å². The van der Waals surface area contributed by atoms with Crippen molar-refractivity contribution in [3.63, 3.8) is 0 Å². The molecule has 0 saturated carbocycles. The quantitative estimate of drug-likeness (QED) is 0.719. The standard InChI is InChI=1S/C18H16ClFN2O/c1-3-22-16-9-8-12(19)10-13(16)11(2)17(22)18(23)21-15-7-5-4-6-14(15)20/h4-10H,3H2,1-2H3,(H,21,23). The van der Waals surface area contributed by atoms with Crippen LogP contribution in [0.2, 0.25) is 5.02 Å². The predicted molar refractivity (Wildman–Crippen MR) is 91.7 cm³/mol. The minimum Gasteiger partial charge on any atom is -0.337 e. The number of nitrogens with one attached hydrogen (secondary N) is 1. The lowest BCUT2D eigenvalue weighted by molar-refractivity contribution is 0.101. The minimum absolute atomic E-state index is 0.169. The average Bonchev–Trinajstić information content (AvgIpc) is 2.81. The number of amides is 1. The highest BCUT2D eigenvalue weighted by atomic mass is 35.5. The molecule has 1 amide bonds. The highest BCUT2D eigenvalue weighted by Crippen LogP contribution is 2.29. The second-order valence-electron chi connectivity index (χ2n) is 5.31. The third kappa shape index (κ3) is 2.70. The van der Waals surface area contributed by atoms with Gasteiger partial charge in [-0.25, -0.2) is 4.39 Å². The number of para-hydroxylation sites is 1. The molecule has 3 aromatic rings. The zero-order chi connectivity index (χ0) is 16.6. The fourth-order valence-electron chi connectivity index (χ4n) is 2.86. The maximum Gasteiger partial charge on any atom is 0.272 e. The zero-order valence-electron chi connectivity index (χ0n) is 12.9. The molecule has 2 aromatic carbocycles. The summed E-state index contributed by atoms with van der Waals surface area (Å²) in [5.41, 5.74) is 2.46. The highest BCUT2D eigenvalue weighted by Gasteiger charge is 2.20. The number of aryl methyl sites for hydroxylation is 2. The molecule has 118 valence electrons. The van der Waals surface area contributed by atoms with Gasteiger partial charge in [0.15, 0.2) is 0 Å². The van der Waals surface area contributed by atoms with E-state index in [2.05, 4.69) is 5.32 Å². The number of aromatic nitrogens is 1. The van der Waals surface area contributed by atoms with E-state index in [1.165, 1.54) is 6.07 Å². The van der Waals surface area contributed by atoms with Crippen molar-refractivity contribution in [3.8, 4) is 0 Å². The number of hydrogen-bond donors (Lipinski definition) is 1. The third-order valence-corrected chi connectivity index (χ3v) is 4.17. The topological polar surface area (TPSA) is 34.0 Å². The summed E-state index contributed by atoms with van der Waals surface area (Å²) in [5.74, 6) is -0.789. The average molecular weight is 331 g/mol. The maximum atomic E-state index is 13.8. The van der Waals surface area contributed by atoms with Crippen molar-refractivity contribution in [2.75, 3.05) is 5.32 Å². The Kier molecular flexibility index (Phi) is 4.09. The Bertz CT molecular complexity index is 901. The van der Waals surface area contributed by atoms with Crippen LogP contribution in [0.1, 0.15) is 23.0 Å². The van der Waals surface area contributed by atoms with Crippen LogP contribution in [0.3, 0.4) is 0 Å². The monoisotopic (exact) mass is 330 g/mol. The summed E-state index contributed by atoms with van der Waals surface area (Å²) >= 11 is 6.07. The van der Waals surface area contributed by atoms with Crippen LogP contribution >= 0.6 is 11.6 Å². The maximum absolute atomic E-state index is 13.8. The number of carbonyl (C=O) groups is 1. The number of nitrogens with zero attached hydrogens (tertiary/aromatic N) is 1. The summed E-state index contributed by atoms with van der Waals surface area (Å²) in [4.78, 5) is 12.7. The number of halogens is 2. The molecule has 5 heteroatoms. The van der Waals surface area contributed by atoms with Gasteiger partial charge in [0.1, 0.15) is 11.5 Å². The SMILES string of the molecule is CCn1c(C(=O)Nc2ccccc2F)c(C)c2cc(Cl)ccc21. The zero-order valence-corrected chi connectivity index (χ0v) is 13.6. The summed E-state index contributed by atoms with van der Waals surface area (Å²) in [7, 11) is 0. The van der Waals surface area contributed by atoms with E-state index in [9.17, 15) is 9.18 Å². The van der Waals surface area contributed by atoms with Gasteiger partial charge in [-0.3, -0.25) is 4.79 Å². The molecule has 0 fully saturated rings. The van der Waals surface area contributed by atoms with Gasteiger partial charge in [-0.15, -0.1) is 0 Å². The second-order valence-corrected chi connectivity index (χ2v) is 5.75. The fraction of sp³-hybridized carbons (Fsp3) is 0.167. The summed E-state index contributed by atoms with van der Waals surface area (Å²) in [6, 6.07) is 11.7. The van der Waals surface area contributed by atoms with E-state index in [1.807, 2.05) is 30.5 Å². The summed E-state index contributed by atoms with van der Waals surface area (Å²) in [6.45, 7) is 4.47. The van der Waals surface area contributed by atoms with E-state index in [0.29, 0.717) is 17.3 Å². The van der Waals surface area contributed by atoms with Crippen LogP contribution in [0.5, 0.6) is 0 Å². The molecule has 23 heavy (non-hydrogen) atoms. The van der Waals surface area contributed by atoms with E-state index in [-0.39, 0.29) is 11.6 Å². The van der Waals surface area contributed by atoms with Gasteiger partial charge in [-0.1, -0.05) is 23.7 Å². The Hall–Kier alpha value is -2.33. The first-order chi connectivity index (χ1) is 11.0. The lowest BCUT2D eigenvalue weighted by Crippen LogP contribution is -2.18. The predicted octanol–water partition coefficient (Wildman–Crippen LogP) is 5.01. The number of carbonyl (C=O) groups excluding carboxylic acids is 1. The van der Waals surface area contributed by atoms with Crippen LogP contribution in [0.25, 0.3) is 10.9 Å². The van der Waals surface area contributed by atoms with Gasteiger partial charge < -0.3 is 9.88 Å². The Labute approximate surface area is 138 Å². The van der Waals surface area contributed by atoms with Gasteiger partial charge >= 0.3 is 0 Å². The molecular formula is C18H16ClFN2O.